The number of halogens is 2. The van der Waals surface area contributed by atoms with E-state index in [-0.39, 0.29) is 12.2 Å². The minimum atomic E-state index is -0.900. The van der Waals surface area contributed by atoms with Crippen LogP contribution in [0.3, 0.4) is 0 Å². The largest absolute Gasteiger partial charge is 0.508 e. The zero-order chi connectivity index (χ0) is 19.9. The molecule has 1 heterocycles. The van der Waals surface area contributed by atoms with Crippen molar-refractivity contribution in [2.45, 2.75) is 37.7 Å². The molecule has 0 bridgehead atoms. The van der Waals surface area contributed by atoms with Crippen LogP contribution < -0.4 is 0 Å². The predicted octanol–water partition coefficient (Wildman–Crippen LogP) is 4.09. The number of rotatable bonds is 5. The van der Waals surface area contributed by atoms with E-state index in [0.29, 0.717) is 36.2 Å². The lowest BCUT2D eigenvalue weighted by Crippen LogP contribution is -2.33. The molecule has 2 fully saturated rings. The molecule has 2 aromatic carbocycles. The molecule has 4 rings (SSSR count). The summed E-state index contributed by atoms with van der Waals surface area (Å²) in [5.74, 6) is 0.320. The second-order valence-corrected chi connectivity index (χ2v) is 8.78. The number of phenols is 1. The Morgan fingerprint density at radius 2 is 1.71 bits per heavy atom. The highest BCUT2D eigenvalue weighted by molar-refractivity contribution is 5.28. The number of likely N-dealkylation sites (tertiary alicyclic amines) is 1. The molecule has 4 atom stereocenters. The first kappa shape index (κ1) is 19.3. The first-order chi connectivity index (χ1) is 13.3. The van der Waals surface area contributed by atoms with E-state index in [1.807, 2.05) is 12.1 Å². The normalized spacial score (nSPS) is 28.4. The molecule has 1 unspecified atom stereocenters. The number of aromatic hydroxyl groups is 1. The van der Waals surface area contributed by atoms with E-state index in [4.69, 9.17) is 0 Å². The molecule has 0 radical (unpaired) electrons. The van der Waals surface area contributed by atoms with Crippen LogP contribution in [0.5, 0.6) is 5.75 Å². The standard InChI is InChI=1S/C23H27F2NO2/c1-15(16-3-6-21(27)7-4-16)12-26-13-18-10-23(28,11-19(18)14-26)9-17-2-5-20(24)8-22(17)25/h2-8,15,18-19,27-28H,9-14H2,1H3/t15?,18-,19+,23-. The highest BCUT2D eigenvalue weighted by Crippen LogP contribution is 2.45. The van der Waals surface area contributed by atoms with Crippen LogP contribution in [0.2, 0.25) is 0 Å². The number of hydrogen-bond donors (Lipinski definition) is 2. The van der Waals surface area contributed by atoms with E-state index in [1.54, 1.807) is 12.1 Å². The molecule has 28 heavy (non-hydrogen) atoms. The predicted molar refractivity (Wildman–Crippen MR) is 104 cm³/mol. The summed E-state index contributed by atoms with van der Waals surface area (Å²) in [6.45, 7) is 5.03. The van der Waals surface area contributed by atoms with Gasteiger partial charge in [-0.1, -0.05) is 25.1 Å². The minimum Gasteiger partial charge on any atom is -0.508 e. The maximum atomic E-state index is 14.0. The summed E-state index contributed by atoms with van der Waals surface area (Å²) in [7, 11) is 0. The van der Waals surface area contributed by atoms with Gasteiger partial charge in [-0.3, -0.25) is 0 Å². The molecular formula is C23H27F2NO2. The molecule has 2 N–H and O–H groups in total. The SMILES string of the molecule is CC(CN1C[C@@H]2C[C@@](O)(Cc3ccc(F)cc3F)C[C@@H]2C1)c1ccc(O)cc1. The van der Waals surface area contributed by atoms with Crippen LogP contribution >= 0.6 is 0 Å². The summed E-state index contributed by atoms with van der Waals surface area (Å²) in [5, 5.41) is 20.5. The summed E-state index contributed by atoms with van der Waals surface area (Å²) >= 11 is 0. The highest BCUT2D eigenvalue weighted by atomic mass is 19.1. The van der Waals surface area contributed by atoms with Gasteiger partial charge in [0.1, 0.15) is 17.4 Å². The molecule has 0 spiro atoms. The second-order valence-electron chi connectivity index (χ2n) is 8.78. The van der Waals surface area contributed by atoms with Gasteiger partial charge in [-0.2, -0.15) is 0 Å². The molecule has 2 aromatic rings. The maximum absolute atomic E-state index is 14.0. The van der Waals surface area contributed by atoms with Gasteiger partial charge >= 0.3 is 0 Å². The second kappa shape index (κ2) is 7.45. The van der Waals surface area contributed by atoms with Gasteiger partial charge in [-0.25, -0.2) is 8.78 Å². The van der Waals surface area contributed by atoms with Crippen molar-refractivity contribution in [3.8, 4) is 5.75 Å². The lowest BCUT2D eigenvalue weighted by molar-refractivity contribution is 0.0345. The maximum Gasteiger partial charge on any atom is 0.129 e. The van der Waals surface area contributed by atoms with E-state index in [0.717, 1.165) is 25.7 Å². The van der Waals surface area contributed by atoms with Crippen molar-refractivity contribution in [1.29, 1.82) is 0 Å². The molecule has 1 aliphatic carbocycles. The monoisotopic (exact) mass is 387 g/mol. The molecule has 0 amide bonds. The fraction of sp³-hybridized carbons (Fsp3) is 0.478. The van der Waals surface area contributed by atoms with Crippen LogP contribution in [0, 0.1) is 23.5 Å². The third-order valence-electron chi connectivity index (χ3n) is 6.47. The van der Waals surface area contributed by atoms with E-state index < -0.39 is 17.2 Å². The van der Waals surface area contributed by atoms with Crippen molar-refractivity contribution in [2.75, 3.05) is 19.6 Å². The van der Waals surface area contributed by atoms with E-state index >= 15 is 0 Å². The van der Waals surface area contributed by atoms with Crippen LogP contribution in [0.15, 0.2) is 42.5 Å². The number of aliphatic hydroxyl groups is 1. The average Bonchev–Trinajstić information content (AvgIpc) is 3.12. The Hall–Kier alpha value is -1.98. The van der Waals surface area contributed by atoms with Gasteiger partial charge in [0.2, 0.25) is 0 Å². The summed E-state index contributed by atoms with van der Waals surface area (Å²) in [6.07, 6.45) is 1.58. The number of benzene rings is 2. The van der Waals surface area contributed by atoms with Gasteiger partial charge in [0.15, 0.2) is 0 Å². The van der Waals surface area contributed by atoms with Crippen molar-refractivity contribution in [3.63, 3.8) is 0 Å². The fourth-order valence-corrected chi connectivity index (χ4v) is 5.17. The average molecular weight is 387 g/mol. The van der Waals surface area contributed by atoms with Gasteiger partial charge in [0.25, 0.3) is 0 Å². The van der Waals surface area contributed by atoms with Crippen LogP contribution in [-0.2, 0) is 6.42 Å². The summed E-state index contributed by atoms with van der Waals surface area (Å²) in [5.41, 5.74) is 0.697. The number of nitrogens with zero attached hydrogens (tertiary/aromatic N) is 1. The molecule has 1 saturated heterocycles. The molecule has 2 aliphatic rings. The summed E-state index contributed by atoms with van der Waals surface area (Å²) < 4.78 is 27.1. The number of fused-ring (bicyclic) bond motifs is 1. The zero-order valence-corrected chi connectivity index (χ0v) is 16.1. The van der Waals surface area contributed by atoms with Gasteiger partial charge in [0.05, 0.1) is 5.60 Å². The molecule has 0 aromatic heterocycles. The third-order valence-corrected chi connectivity index (χ3v) is 6.47. The van der Waals surface area contributed by atoms with Gasteiger partial charge in [-0.05, 0) is 59.9 Å². The van der Waals surface area contributed by atoms with Crippen molar-refractivity contribution in [2.24, 2.45) is 11.8 Å². The molecule has 1 saturated carbocycles. The zero-order valence-electron chi connectivity index (χ0n) is 16.1. The van der Waals surface area contributed by atoms with Crippen LogP contribution in [0.1, 0.15) is 36.8 Å². The van der Waals surface area contributed by atoms with Gasteiger partial charge < -0.3 is 15.1 Å². The molecule has 5 heteroatoms. The minimum absolute atomic E-state index is 0.246. The lowest BCUT2D eigenvalue weighted by atomic mass is 9.91. The number of hydrogen-bond acceptors (Lipinski definition) is 3. The Labute approximate surface area is 164 Å². The molecule has 1 aliphatic heterocycles. The first-order valence-corrected chi connectivity index (χ1v) is 9.99. The van der Waals surface area contributed by atoms with Gasteiger partial charge in [-0.15, -0.1) is 0 Å². The molecular weight excluding hydrogens is 360 g/mol. The van der Waals surface area contributed by atoms with E-state index in [1.165, 1.54) is 17.7 Å². The highest BCUT2D eigenvalue weighted by Gasteiger charge is 2.48. The van der Waals surface area contributed by atoms with Crippen molar-refractivity contribution in [1.82, 2.24) is 4.90 Å². The lowest BCUT2D eigenvalue weighted by Gasteiger charge is -2.27. The smallest absolute Gasteiger partial charge is 0.129 e. The van der Waals surface area contributed by atoms with Crippen LogP contribution in [-0.4, -0.2) is 40.3 Å². The van der Waals surface area contributed by atoms with Crippen molar-refractivity contribution in [3.05, 3.63) is 65.2 Å². The Kier molecular flexibility index (Phi) is 5.15. The van der Waals surface area contributed by atoms with Crippen LogP contribution in [0.25, 0.3) is 0 Å². The van der Waals surface area contributed by atoms with Crippen molar-refractivity contribution >= 4 is 0 Å². The Morgan fingerprint density at radius 1 is 1.07 bits per heavy atom. The van der Waals surface area contributed by atoms with E-state index in [2.05, 4.69) is 11.8 Å². The molecule has 3 nitrogen and oxygen atoms in total. The Bertz CT molecular complexity index is 825. The first-order valence-electron chi connectivity index (χ1n) is 9.99. The number of phenolic OH excluding ortho intramolecular Hbond substituents is 1. The molecule has 150 valence electrons. The third kappa shape index (κ3) is 4.06. The topological polar surface area (TPSA) is 43.7 Å². The Morgan fingerprint density at radius 3 is 2.32 bits per heavy atom. The quantitative estimate of drug-likeness (QED) is 0.812. The Balaban J connectivity index is 1.34. The van der Waals surface area contributed by atoms with Gasteiger partial charge in [0, 0.05) is 32.1 Å². The fourth-order valence-electron chi connectivity index (χ4n) is 5.17. The summed E-state index contributed by atoms with van der Waals surface area (Å²) in [6, 6.07) is 11.0. The van der Waals surface area contributed by atoms with E-state index in [9.17, 15) is 19.0 Å². The van der Waals surface area contributed by atoms with Crippen molar-refractivity contribution < 1.29 is 19.0 Å². The summed E-state index contributed by atoms with van der Waals surface area (Å²) in [4.78, 5) is 2.45. The van der Waals surface area contributed by atoms with Crippen LogP contribution in [0.4, 0.5) is 8.78 Å².